The van der Waals surface area contributed by atoms with Crippen molar-refractivity contribution in [3.05, 3.63) is 30.0 Å². The first kappa shape index (κ1) is 14.2. The van der Waals surface area contributed by atoms with E-state index in [1.807, 2.05) is 0 Å². The van der Waals surface area contributed by atoms with Crippen LogP contribution in [0.1, 0.15) is 17.9 Å². The molecule has 0 fully saturated rings. The minimum absolute atomic E-state index is 0.0638. The highest BCUT2D eigenvalue weighted by molar-refractivity contribution is 5.47. The van der Waals surface area contributed by atoms with Crippen molar-refractivity contribution in [2.24, 2.45) is 0 Å². The van der Waals surface area contributed by atoms with Crippen LogP contribution in [0.5, 0.6) is 0 Å². The van der Waals surface area contributed by atoms with Gasteiger partial charge in [0.05, 0.1) is 5.69 Å². The molecule has 0 spiro atoms. The average molecular weight is 290 g/mol. The molecule has 0 amide bonds. The quantitative estimate of drug-likeness (QED) is 0.817. The first-order valence-electron chi connectivity index (χ1n) is 5.43. The Morgan fingerprint density at radius 1 is 1.25 bits per heavy atom. The van der Waals surface area contributed by atoms with E-state index in [2.05, 4.69) is 9.97 Å². The van der Waals surface area contributed by atoms with E-state index in [1.54, 1.807) is 6.07 Å². The van der Waals surface area contributed by atoms with Crippen LogP contribution >= 0.6 is 0 Å². The zero-order valence-electron chi connectivity index (χ0n) is 9.82. The maximum atomic E-state index is 12.9. The molecule has 9 heteroatoms. The Morgan fingerprint density at radius 2 is 1.95 bits per heavy atom. The molecule has 20 heavy (non-hydrogen) atoms. The van der Waals surface area contributed by atoms with Gasteiger partial charge in [0.2, 0.25) is 5.82 Å². The van der Waals surface area contributed by atoms with Gasteiger partial charge in [0.15, 0.2) is 5.65 Å². The average Bonchev–Trinajstić information content (AvgIpc) is 2.73. The fourth-order valence-corrected chi connectivity index (χ4v) is 1.65. The van der Waals surface area contributed by atoms with Crippen molar-refractivity contribution >= 4 is 5.65 Å². The number of imidazole rings is 1. The van der Waals surface area contributed by atoms with E-state index in [4.69, 9.17) is 5.26 Å². The zero-order chi connectivity index (χ0) is 15.0. The van der Waals surface area contributed by atoms with E-state index >= 15 is 0 Å². The molecular formula is C11H7F5N4. The summed E-state index contributed by atoms with van der Waals surface area (Å²) >= 11 is 0. The summed E-state index contributed by atoms with van der Waals surface area (Å²) in [7, 11) is 0. The monoisotopic (exact) mass is 290 g/mol. The topological polar surface area (TPSA) is 54.0 Å². The number of halogens is 5. The van der Waals surface area contributed by atoms with Crippen LogP contribution in [0.2, 0.25) is 0 Å². The Kier molecular flexibility index (Phi) is 3.33. The predicted octanol–water partition coefficient (Wildman–Crippen LogP) is 2.73. The van der Waals surface area contributed by atoms with Gasteiger partial charge in [-0.05, 0) is 12.5 Å². The second-order valence-electron chi connectivity index (χ2n) is 4.01. The molecular weight excluding hydrogens is 283 g/mol. The number of aryl methyl sites for hydroxylation is 1. The molecule has 2 aromatic heterocycles. The van der Waals surface area contributed by atoms with Gasteiger partial charge < -0.3 is 0 Å². The predicted molar refractivity (Wildman–Crippen MR) is 57.0 cm³/mol. The normalized spacial score (nSPS) is 12.6. The lowest BCUT2D eigenvalue weighted by Gasteiger charge is -2.18. The molecule has 0 bridgehead atoms. The molecule has 0 aliphatic carbocycles. The second kappa shape index (κ2) is 4.70. The Hall–Kier alpha value is -2.24. The minimum atomic E-state index is -5.60. The van der Waals surface area contributed by atoms with E-state index in [0.717, 1.165) is 0 Å². The summed E-state index contributed by atoms with van der Waals surface area (Å²) in [6, 6.07) is 3.21. The lowest BCUT2D eigenvalue weighted by atomic mass is 10.1. The van der Waals surface area contributed by atoms with E-state index in [-0.39, 0.29) is 17.2 Å². The zero-order valence-corrected chi connectivity index (χ0v) is 9.82. The fraction of sp³-hybridized carbons (Fsp3) is 0.364. The van der Waals surface area contributed by atoms with E-state index in [1.165, 1.54) is 22.9 Å². The van der Waals surface area contributed by atoms with Crippen LogP contribution in [-0.2, 0) is 6.42 Å². The lowest BCUT2D eigenvalue weighted by Crippen LogP contribution is -2.36. The number of alkyl halides is 5. The fourth-order valence-electron chi connectivity index (χ4n) is 1.65. The number of hydrogen-bond donors (Lipinski definition) is 0. The second-order valence-corrected chi connectivity index (χ2v) is 4.01. The van der Waals surface area contributed by atoms with Gasteiger partial charge in [-0.25, -0.2) is 9.97 Å². The highest BCUT2D eigenvalue weighted by Crippen LogP contribution is 2.38. The maximum Gasteiger partial charge on any atom is 0.453 e. The van der Waals surface area contributed by atoms with E-state index < -0.39 is 24.9 Å². The van der Waals surface area contributed by atoms with Gasteiger partial charge >= 0.3 is 12.1 Å². The van der Waals surface area contributed by atoms with Crippen LogP contribution in [-0.4, -0.2) is 26.5 Å². The van der Waals surface area contributed by atoms with E-state index in [9.17, 15) is 22.0 Å². The molecule has 0 radical (unpaired) electrons. The molecule has 0 saturated carbocycles. The highest BCUT2D eigenvalue weighted by atomic mass is 19.4. The number of fused-ring (bicyclic) bond motifs is 1. The Labute approximate surface area is 109 Å². The molecule has 106 valence electrons. The summed E-state index contributed by atoms with van der Waals surface area (Å²) < 4.78 is 63.2. The highest BCUT2D eigenvalue weighted by Gasteiger charge is 2.56. The number of hydrogen-bond acceptors (Lipinski definition) is 3. The largest absolute Gasteiger partial charge is 0.453 e. The first-order chi connectivity index (χ1) is 9.26. The Balaban J connectivity index is 2.30. The van der Waals surface area contributed by atoms with Gasteiger partial charge in [0.1, 0.15) is 6.07 Å². The van der Waals surface area contributed by atoms with Crippen molar-refractivity contribution < 1.29 is 22.0 Å². The molecule has 0 aliphatic heterocycles. The molecule has 2 heterocycles. The van der Waals surface area contributed by atoms with Crippen molar-refractivity contribution in [1.82, 2.24) is 14.4 Å². The molecule has 0 unspecified atom stereocenters. The molecule has 0 aromatic carbocycles. The minimum Gasteiger partial charge on any atom is -0.275 e. The van der Waals surface area contributed by atoms with Crippen molar-refractivity contribution in [3.8, 4) is 6.07 Å². The third kappa shape index (κ3) is 2.41. The van der Waals surface area contributed by atoms with Gasteiger partial charge in [-0.2, -0.15) is 27.2 Å². The molecule has 4 nitrogen and oxygen atoms in total. The number of nitrogens with zero attached hydrogens (tertiary/aromatic N) is 4. The number of nitriles is 1. The van der Waals surface area contributed by atoms with Crippen molar-refractivity contribution in [2.75, 3.05) is 0 Å². The van der Waals surface area contributed by atoms with Gasteiger partial charge in [-0.3, -0.25) is 4.40 Å². The van der Waals surface area contributed by atoms with Crippen LogP contribution < -0.4 is 0 Å². The summed E-state index contributed by atoms with van der Waals surface area (Å²) in [6.07, 6.45) is -4.91. The lowest BCUT2D eigenvalue weighted by molar-refractivity contribution is -0.284. The van der Waals surface area contributed by atoms with Crippen molar-refractivity contribution in [3.63, 3.8) is 0 Å². The molecule has 0 aliphatic rings. The van der Waals surface area contributed by atoms with Crippen LogP contribution in [0.3, 0.4) is 0 Å². The Morgan fingerprint density at radius 3 is 2.55 bits per heavy atom. The SMILES string of the molecule is N#Cc1nc(CCC(F)(F)C(F)(F)F)c2ncccn12. The summed E-state index contributed by atoms with van der Waals surface area (Å²) in [5.74, 6) is -4.91. The van der Waals surface area contributed by atoms with Crippen molar-refractivity contribution in [1.29, 1.82) is 5.26 Å². The smallest absolute Gasteiger partial charge is 0.275 e. The number of aromatic nitrogens is 3. The maximum absolute atomic E-state index is 12.9. The van der Waals surface area contributed by atoms with Crippen LogP contribution in [0, 0.1) is 11.3 Å². The van der Waals surface area contributed by atoms with Crippen LogP contribution in [0.15, 0.2) is 18.5 Å². The first-order valence-corrected chi connectivity index (χ1v) is 5.43. The van der Waals surface area contributed by atoms with Gasteiger partial charge in [0, 0.05) is 18.8 Å². The number of rotatable bonds is 3. The van der Waals surface area contributed by atoms with Crippen LogP contribution in [0.25, 0.3) is 5.65 Å². The molecule has 0 N–H and O–H groups in total. The summed E-state index contributed by atoms with van der Waals surface area (Å²) in [5.41, 5.74) is 0.0353. The van der Waals surface area contributed by atoms with E-state index in [0.29, 0.717) is 0 Å². The molecule has 0 atom stereocenters. The van der Waals surface area contributed by atoms with Crippen LogP contribution in [0.4, 0.5) is 22.0 Å². The summed E-state index contributed by atoms with van der Waals surface area (Å²) in [4.78, 5) is 7.57. The molecule has 2 aromatic rings. The molecule has 2 rings (SSSR count). The summed E-state index contributed by atoms with van der Waals surface area (Å²) in [6.45, 7) is 0. The molecule has 0 saturated heterocycles. The summed E-state index contributed by atoms with van der Waals surface area (Å²) in [5, 5.41) is 8.82. The third-order valence-corrected chi connectivity index (χ3v) is 2.66. The van der Waals surface area contributed by atoms with Gasteiger partial charge in [-0.1, -0.05) is 0 Å². The van der Waals surface area contributed by atoms with Gasteiger partial charge in [0.25, 0.3) is 0 Å². The Bertz CT molecular complexity index is 667. The standard InChI is InChI=1S/C11H7F5N4/c12-10(13,11(14,15)16)3-2-7-9-18-4-1-5-20(9)8(6-17)19-7/h1,4-5H,2-3H2. The van der Waals surface area contributed by atoms with Gasteiger partial charge in [-0.15, -0.1) is 0 Å². The van der Waals surface area contributed by atoms with Crippen molar-refractivity contribution in [2.45, 2.75) is 24.9 Å². The third-order valence-electron chi connectivity index (χ3n) is 2.66.